The van der Waals surface area contributed by atoms with Crippen LogP contribution in [0, 0.1) is 0 Å². The molecule has 0 unspecified atom stereocenters. The summed E-state index contributed by atoms with van der Waals surface area (Å²) in [7, 11) is 0. The van der Waals surface area contributed by atoms with Crippen LogP contribution >= 0.6 is 11.6 Å². The number of aromatic nitrogens is 2. The molecule has 0 aliphatic heterocycles. The normalized spacial score (nSPS) is 10.1. The molecule has 1 amide bonds. The van der Waals surface area contributed by atoms with Crippen LogP contribution in [-0.2, 0) is 6.42 Å². The zero-order valence-electron chi connectivity index (χ0n) is 9.85. The molecule has 0 fully saturated rings. The monoisotopic (exact) mass is 261 g/mol. The molecule has 0 atom stereocenters. The van der Waals surface area contributed by atoms with Gasteiger partial charge in [0.25, 0.3) is 5.91 Å². The fourth-order valence-corrected chi connectivity index (χ4v) is 1.78. The Morgan fingerprint density at radius 1 is 1.33 bits per heavy atom. The minimum atomic E-state index is -0.192. The highest BCUT2D eigenvalue weighted by Gasteiger charge is 2.10. The Hall–Kier alpha value is -1.94. The first-order valence-electron chi connectivity index (χ1n) is 5.57. The van der Waals surface area contributed by atoms with Gasteiger partial charge in [-0.2, -0.15) is 0 Å². The zero-order chi connectivity index (χ0) is 13.0. The molecule has 5 heteroatoms. The van der Waals surface area contributed by atoms with E-state index in [1.165, 1.54) is 12.4 Å². The molecule has 0 saturated carbocycles. The number of anilines is 1. The SMILES string of the molecule is CCc1ccccc1C(=O)Nc1cc(Cl)ncn1. The van der Waals surface area contributed by atoms with Crippen molar-refractivity contribution in [3.05, 3.63) is 52.9 Å². The molecule has 92 valence electrons. The van der Waals surface area contributed by atoms with E-state index in [-0.39, 0.29) is 5.91 Å². The van der Waals surface area contributed by atoms with Crippen LogP contribution in [0.2, 0.25) is 5.15 Å². The topological polar surface area (TPSA) is 54.9 Å². The second-order valence-corrected chi connectivity index (χ2v) is 4.08. The summed E-state index contributed by atoms with van der Waals surface area (Å²) in [6.07, 6.45) is 2.11. The Morgan fingerprint density at radius 2 is 2.11 bits per heavy atom. The Labute approximate surface area is 110 Å². The predicted molar refractivity (Wildman–Crippen MR) is 70.8 cm³/mol. The maximum absolute atomic E-state index is 12.1. The molecule has 4 nitrogen and oxygen atoms in total. The van der Waals surface area contributed by atoms with Crippen LogP contribution in [0.4, 0.5) is 5.82 Å². The van der Waals surface area contributed by atoms with Crippen LogP contribution in [0.5, 0.6) is 0 Å². The Bertz CT molecular complexity index is 572. The summed E-state index contributed by atoms with van der Waals surface area (Å²) in [6, 6.07) is 8.98. The van der Waals surface area contributed by atoms with Gasteiger partial charge in [-0.15, -0.1) is 0 Å². The van der Waals surface area contributed by atoms with E-state index in [2.05, 4.69) is 15.3 Å². The van der Waals surface area contributed by atoms with E-state index in [9.17, 15) is 4.79 Å². The van der Waals surface area contributed by atoms with Crippen molar-refractivity contribution in [1.29, 1.82) is 0 Å². The molecule has 0 aliphatic carbocycles. The molecule has 0 radical (unpaired) electrons. The maximum Gasteiger partial charge on any atom is 0.257 e. The minimum Gasteiger partial charge on any atom is -0.306 e. The summed E-state index contributed by atoms with van der Waals surface area (Å²) < 4.78 is 0. The van der Waals surface area contributed by atoms with Crippen molar-refractivity contribution in [2.45, 2.75) is 13.3 Å². The summed E-state index contributed by atoms with van der Waals surface area (Å²) in [5.74, 6) is 0.202. The summed E-state index contributed by atoms with van der Waals surface area (Å²) in [4.78, 5) is 19.8. The number of halogens is 1. The summed E-state index contributed by atoms with van der Waals surface area (Å²) in [5.41, 5.74) is 1.64. The molecule has 18 heavy (non-hydrogen) atoms. The highest BCUT2D eigenvalue weighted by Crippen LogP contribution is 2.13. The molecule has 1 aromatic carbocycles. The molecular weight excluding hydrogens is 250 g/mol. The maximum atomic E-state index is 12.1. The van der Waals surface area contributed by atoms with E-state index in [1.54, 1.807) is 6.07 Å². The number of rotatable bonds is 3. The van der Waals surface area contributed by atoms with Crippen molar-refractivity contribution in [3.8, 4) is 0 Å². The lowest BCUT2D eigenvalue weighted by molar-refractivity contribution is 0.102. The Balaban J connectivity index is 2.22. The van der Waals surface area contributed by atoms with Crippen molar-refractivity contribution in [2.75, 3.05) is 5.32 Å². The van der Waals surface area contributed by atoms with Crippen LogP contribution in [0.1, 0.15) is 22.8 Å². The lowest BCUT2D eigenvalue weighted by Crippen LogP contribution is -2.15. The smallest absolute Gasteiger partial charge is 0.257 e. The van der Waals surface area contributed by atoms with Gasteiger partial charge in [-0.1, -0.05) is 36.7 Å². The third kappa shape index (κ3) is 2.84. The fraction of sp³-hybridized carbons (Fsp3) is 0.154. The molecule has 2 rings (SSSR count). The van der Waals surface area contributed by atoms with Crippen LogP contribution in [0.3, 0.4) is 0 Å². The third-order valence-corrected chi connectivity index (χ3v) is 2.72. The van der Waals surface area contributed by atoms with Crippen molar-refractivity contribution in [1.82, 2.24) is 9.97 Å². The van der Waals surface area contributed by atoms with Crippen LogP contribution in [0.15, 0.2) is 36.7 Å². The van der Waals surface area contributed by atoms with Gasteiger partial charge in [0.15, 0.2) is 0 Å². The van der Waals surface area contributed by atoms with Crippen molar-refractivity contribution >= 4 is 23.3 Å². The summed E-state index contributed by atoms with van der Waals surface area (Å²) in [6.45, 7) is 2.01. The van der Waals surface area contributed by atoms with Crippen molar-refractivity contribution in [3.63, 3.8) is 0 Å². The molecule has 1 heterocycles. The van der Waals surface area contributed by atoms with E-state index < -0.39 is 0 Å². The van der Waals surface area contributed by atoms with Gasteiger partial charge in [0.05, 0.1) is 0 Å². The lowest BCUT2D eigenvalue weighted by Gasteiger charge is -2.08. The number of benzene rings is 1. The van der Waals surface area contributed by atoms with Crippen LogP contribution in [-0.4, -0.2) is 15.9 Å². The van der Waals surface area contributed by atoms with Crippen molar-refractivity contribution in [2.24, 2.45) is 0 Å². The molecule has 0 spiro atoms. The average Bonchev–Trinajstić information content (AvgIpc) is 2.38. The van der Waals surface area contributed by atoms with E-state index in [0.717, 1.165) is 12.0 Å². The van der Waals surface area contributed by atoms with Gasteiger partial charge in [0.1, 0.15) is 17.3 Å². The van der Waals surface area contributed by atoms with E-state index in [1.807, 2.05) is 25.1 Å². The number of nitrogens with zero attached hydrogens (tertiary/aromatic N) is 2. The summed E-state index contributed by atoms with van der Waals surface area (Å²) in [5, 5.41) is 2.99. The predicted octanol–water partition coefficient (Wildman–Crippen LogP) is 2.94. The molecule has 2 aromatic rings. The number of carbonyl (C=O) groups excluding carboxylic acids is 1. The quantitative estimate of drug-likeness (QED) is 0.865. The van der Waals surface area contributed by atoms with E-state index in [0.29, 0.717) is 16.5 Å². The fourth-order valence-electron chi connectivity index (χ4n) is 1.64. The Kier molecular flexibility index (Phi) is 3.89. The largest absolute Gasteiger partial charge is 0.306 e. The van der Waals surface area contributed by atoms with E-state index in [4.69, 9.17) is 11.6 Å². The minimum absolute atomic E-state index is 0.192. The first-order chi connectivity index (χ1) is 8.70. The number of amides is 1. The molecule has 0 saturated heterocycles. The molecular formula is C13H12ClN3O. The standard InChI is InChI=1S/C13H12ClN3O/c1-2-9-5-3-4-6-10(9)13(18)17-12-7-11(14)15-8-16-12/h3-8H,2H2,1H3,(H,15,16,17,18). The number of hydrogen-bond acceptors (Lipinski definition) is 3. The number of aryl methyl sites for hydroxylation is 1. The second kappa shape index (κ2) is 5.60. The van der Waals surface area contributed by atoms with Gasteiger partial charge >= 0.3 is 0 Å². The molecule has 0 aliphatic rings. The number of hydrogen-bond donors (Lipinski definition) is 1. The number of nitrogens with one attached hydrogen (secondary N) is 1. The van der Waals surface area contributed by atoms with E-state index >= 15 is 0 Å². The zero-order valence-corrected chi connectivity index (χ0v) is 10.6. The van der Waals surface area contributed by atoms with Crippen LogP contribution < -0.4 is 5.32 Å². The van der Waals surface area contributed by atoms with Gasteiger partial charge in [0, 0.05) is 11.6 Å². The summed E-state index contributed by atoms with van der Waals surface area (Å²) >= 11 is 5.73. The lowest BCUT2D eigenvalue weighted by atomic mass is 10.0. The molecule has 1 N–H and O–H groups in total. The first-order valence-corrected chi connectivity index (χ1v) is 5.95. The number of carbonyl (C=O) groups is 1. The van der Waals surface area contributed by atoms with Crippen LogP contribution in [0.25, 0.3) is 0 Å². The first kappa shape index (κ1) is 12.5. The van der Waals surface area contributed by atoms with Crippen molar-refractivity contribution < 1.29 is 4.79 Å². The van der Waals surface area contributed by atoms with Gasteiger partial charge in [0.2, 0.25) is 0 Å². The highest BCUT2D eigenvalue weighted by atomic mass is 35.5. The van der Waals surface area contributed by atoms with Gasteiger partial charge in [-0.25, -0.2) is 9.97 Å². The van der Waals surface area contributed by atoms with Gasteiger partial charge in [-0.05, 0) is 18.1 Å². The van der Waals surface area contributed by atoms with Gasteiger partial charge < -0.3 is 5.32 Å². The average molecular weight is 262 g/mol. The highest BCUT2D eigenvalue weighted by molar-refractivity contribution is 6.29. The molecule has 1 aromatic heterocycles. The molecule has 0 bridgehead atoms. The Morgan fingerprint density at radius 3 is 2.83 bits per heavy atom. The second-order valence-electron chi connectivity index (χ2n) is 3.69. The third-order valence-electron chi connectivity index (χ3n) is 2.52. The van der Waals surface area contributed by atoms with Gasteiger partial charge in [-0.3, -0.25) is 4.79 Å².